The smallest absolute Gasteiger partial charge is 0.354 e. The lowest BCUT2D eigenvalue weighted by Crippen LogP contribution is -2.04. The quantitative estimate of drug-likeness (QED) is 0.902. The van der Waals surface area contributed by atoms with Crippen molar-refractivity contribution in [3.8, 4) is 5.88 Å². The summed E-state index contributed by atoms with van der Waals surface area (Å²) in [4.78, 5) is 14.4. The van der Waals surface area contributed by atoms with Crippen LogP contribution in [0.1, 0.15) is 23.8 Å². The molecule has 0 aliphatic heterocycles. The normalized spacial score (nSPS) is 9.86. The van der Waals surface area contributed by atoms with Crippen LogP contribution >= 0.6 is 15.9 Å². The zero-order valence-corrected chi connectivity index (χ0v) is 9.24. The van der Waals surface area contributed by atoms with E-state index in [1.54, 1.807) is 6.07 Å². The average Bonchev–Trinajstić information content (AvgIpc) is 2.16. The van der Waals surface area contributed by atoms with Gasteiger partial charge < -0.3 is 9.84 Å². The van der Waals surface area contributed by atoms with Crippen LogP contribution in [-0.2, 0) is 0 Å². The molecule has 1 aromatic heterocycles. The van der Waals surface area contributed by atoms with Crippen LogP contribution in [0.25, 0.3) is 0 Å². The maximum Gasteiger partial charge on any atom is 0.354 e. The molecule has 0 aliphatic carbocycles. The molecule has 0 radical (unpaired) electrons. The summed E-state index contributed by atoms with van der Waals surface area (Å²) >= 11 is 3.23. The lowest BCUT2D eigenvalue weighted by atomic mass is 10.3. The Morgan fingerprint density at radius 1 is 1.64 bits per heavy atom. The Kier molecular flexibility index (Phi) is 3.88. The number of halogens is 1. The van der Waals surface area contributed by atoms with Gasteiger partial charge in [-0.1, -0.05) is 6.92 Å². The molecule has 0 bridgehead atoms. The van der Waals surface area contributed by atoms with Crippen molar-refractivity contribution in [2.45, 2.75) is 13.3 Å². The van der Waals surface area contributed by atoms with Gasteiger partial charge in [0.2, 0.25) is 5.88 Å². The Bertz CT molecular complexity index is 341. The van der Waals surface area contributed by atoms with Crippen LogP contribution in [0.3, 0.4) is 0 Å². The van der Waals surface area contributed by atoms with Gasteiger partial charge in [-0.2, -0.15) is 0 Å². The van der Waals surface area contributed by atoms with Crippen LogP contribution in [0, 0.1) is 0 Å². The maximum atomic E-state index is 10.6. The first kappa shape index (κ1) is 11.0. The summed E-state index contributed by atoms with van der Waals surface area (Å²) in [5.41, 5.74) is -0.0145. The van der Waals surface area contributed by atoms with Gasteiger partial charge in [-0.25, -0.2) is 9.78 Å². The summed E-state index contributed by atoms with van der Waals surface area (Å²) in [6, 6.07) is 3.03. The number of pyridine rings is 1. The predicted octanol–water partition coefficient (Wildman–Crippen LogP) is 2.33. The zero-order chi connectivity index (χ0) is 10.6. The molecule has 0 saturated heterocycles. The fourth-order valence-electron chi connectivity index (χ4n) is 0.843. The number of aromatic nitrogens is 1. The minimum Gasteiger partial charge on any atom is -0.477 e. The molecule has 1 rings (SSSR count). The van der Waals surface area contributed by atoms with E-state index in [4.69, 9.17) is 9.84 Å². The number of hydrogen-bond acceptors (Lipinski definition) is 3. The number of hydrogen-bond donors (Lipinski definition) is 1. The molecule has 0 fully saturated rings. The highest BCUT2D eigenvalue weighted by molar-refractivity contribution is 9.10. The molecule has 0 spiro atoms. The van der Waals surface area contributed by atoms with Gasteiger partial charge in [-0.05, 0) is 34.5 Å². The highest BCUT2D eigenvalue weighted by Crippen LogP contribution is 2.22. The van der Waals surface area contributed by atoms with Gasteiger partial charge in [0.25, 0.3) is 0 Å². The zero-order valence-electron chi connectivity index (χ0n) is 7.66. The van der Waals surface area contributed by atoms with Crippen molar-refractivity contribution < 1.29 is 14.6 Å². The van der Waals surface area contributed by atoms with Gasteiger partial charge in [0.05, 0.1) is 11.1 Å². The maximum absolute atomic E-state index is 10.6. The van der Waals surface area contributed by atoms with Gasteiger partial charge in [0.15, 0.2) is 5.69 Å². The second kappa shape index (κ2) is 4.95. The first-order valence-electron chi connectivity index (χ1n) is 4.17. The fourth-order valence-corrected chi connectivity index (χ4v) is 1.18. The second-order valence-corrected chi connectivity index (χ2v) is 3.49. The number of carbonyl (C=O) groups is 1. The van der Waals surface area contributed by atoms with E-state index in [1.807, 2.05) is 6.92 Å². The van der Waals surface area contributed by atoms with Crippen LogP contribution < -0.4 is 4.74 Å². The van der Waals surface area contributed by atoms with E-state index in [1.165, 1.54) is 6.07 Å². The first-order valence-corrected chi connectivity index (χ1v) is 4.97. The number of carboxylic acid groups (broad SMARTS) is 1. The molecule has 76 valence electrons. The van der Waals surface area contributed by atoms with Crippen LogP contribution in [0.2, 0.25) is 0 Å². The molecule has 1 N–H and O–H groups in total. The summed E-state index contributed by atoms with van der Waals surface area (Å²) < 4.78 is 5.92. The Balaban J connectivity index is 2.90. The van der Waals surface area contributed by atoms with Gasteiger partial charge in [0.1, 0.15) is 0 Å². The molecule has 1 heterocycles. The fraction of sp³-hybridized carbons (Fsp3) is 0.333. The molecule has 4 nitrogen and oxygen atoms in total. The standard InChI is InChI=1S/C9H10BrNO3/c1-2-5-14-8-6(10)3-4-7(11-8)9(12)13/h3-4H,2,5H2,1H3,(H,12,13). The molecule has 0 atom stereocenters. The molecular weight excluding hydrogens is 250 g/mol. The van der Waals surface area contributed by atoms with Crippen LogP contribution in [-0.4, -0.2) is 22.7 Å². The third-order valence-electron chi connectivity index (χ3n) is 1.48. The van der Waals surface area contributed by atoms with E-state index in [2.05, 4.69) is 20.9 Å². The van der Waals surface area contributed by atoms with E-state index in [-0.39, 0.29) is 5.69 Å². The lowest BCUT2D eigenvalue weighted by Gasteiger charge is -2.05. The Morgan fingerprint density at radius 2 is 2.36 bits per heavy atom. The van der Waals surface area contributed by atoms with Gasteiger partial charge >= 0.3 is 5.97 Å². The lowest BCUT2D eigenvalue weighted by molar-refractivity contribution is 0.0689. The van der Waals surface area contributed by atoms with Gasteiger partial charge in [0, 0.05) is 0 Å². The van der Waals surface area contributed by atoms with Crippen molar-refractivity contribution in [2.24, 2.45) is 0 Å². The van der Waals surface area contributed by atoms with Crippen molar-refractivity contribution in [1.29, 1.82) is 0 Å². The molecule has 0 unspecified atom stereocenters. The Hall–Kier alpha value is -1.10. The number of rotatable bonds is 4. The molecule has 0 saturated carbocycles. The summed E-state index contributed by atoms with van der Waals surface area (Å²) in [6.07, 6.45) is 0.853. The minimum atomic E-state index is -1.06. The van der Waals surface area contributed by atoms with Crippen LogP contribution in [0.15, 0.2) is 16.6 Å². The molecule has 0 amide bonds. The molecular formula is C9H10BrNO3. The van der Waals surface area contributed by atoms with Crippen LogP contribution in [0.5, 0.6) is 5.88 Å². The number of carboxylic acids is 1. The van der Waals surface area contributed by atoms with Crippen LogP contribution in [0.4, 0.5) is 0 Å². The topological polar surface area (TPSA) is 59.4 Å². The average molecular weight is 260 g/mol. The minimum absolute atomic E-state index is 0.0145. The summed E-state index contributed by atoms with van der Waals surface area (Å²) in [5, 5.41) is 8.69. The molecule has 14 heavy (non-hydrogen) atoms. The van der Waals surface area contributed by atoms with E-state index >= 15 is 0 Å². The highest BCUT2D eigenvalue weighted by atomic mass is 79.9. The highest BCUT2D eigenvalue weighted by Gasteiger charge is 2.09. The Morgan fingerprint density at radius 3 is 2.93 bits per heavy atom. The second-order valence-electron chi connectivity index (χ2n) is 2.64. The molecule has 1 aromatic rings. The largest absolute Gasteiger partial charge is 0.477 e. The summed E-state index contributed by atoms with van der Waals surface area (Å²) in [5.74, 6) is -0.731. The van der Waals surface area contributed by atoms with Gasteiger partial charge in [-0.15, -0.1) is 0 Å². The predicted molar refractivity (Wildman–Crippen MR) is 54.7 cm³/mol. The molecule has 0 aliphatic rings. The molecule has 0 aromatic carbocycles. The van der Waals surface area contributed by atoms with E-state index in [0.717, 1.165) is 6.42 Å². The third kappa shape index (κ3) is 2.70. The first-order chi connectivity index (χ1) is 6.65. The Labute approximate surface area is 90.0 Å². The van der Waals surface area contributed by atoms with E-state index in [0.29, 0.717) is 17.0 Å². The molecule has 5 heteroatoms. The monoisotopic (exact) mass is 259 g/mol. The summed E-state index contributed by atoms with van der Waals surface area (Å²) in [7, 11) is 0. The third-order valence-corrected chi connectivity index (χ3v) is 2.08. The van der Waals surface area contributed by atoms with E-state index in [9.17, 15) is 4.79 Å². The van der Waals surface area contributed by atoms with Crippen molar-refractivity contribution in [2.75, 3.05) is 6.61 Å². The number of aromatic carboxylic acids is 1. The number of nitrogens with zero attached hydrogens (tertiary/aromatic N) is 1. The van der Waals surface area contributed by atoms with Crippen molar-refractivity contribution in [1.82, 2.24) is 4.98 Å². The number of ether oxygens (including phenoxy) is 1. The van der Waals surface area contributed by atoms with Gasteiger partial charge in [-0.3, -0.25) is 0 Å². The van der Waals surface area contributed by atoms with Crippen molar-refractivity contribution in [3.05, 3.63) is 22.3 Å². The van der Waals surface area contributed by atoms with E-state index < -0.39 is 5.97 Å². The SMILES string of the molecule is CCCOc1nc(C(=O)O)ccc1Br. The van der Waals surface area contributed by atoms with Crippen molar-refractivity contribution in [3.63, 3.8) is 0 Å². The summed E-state index contributed by atoms with van der Waals surface area (Å²) in [6.45, 7) is 2.49. The van der Waals surface area contributed by atoms with Crippen molar-refractivity contribution >= 4 is 21.9 Å².